The molecule has 0 bridgehead atoms. The lowest BCUT2D eigenvalue weighted by Gasteiger charge is -2.22. The zero-order valence-corrected chi connectivity index (χ0v) is 11.9. The Morgan fingerprint density at radius 2 is 2.21 bits per heavy atom. The van der Waals surface area contributed by atoms with Crippen molar-refractivity contribution >= 4 is 11.6 Å². The van der Waals surface area contributed by atoms with Gasteiger partial charge >= 0.3 is 0 Å². The van der Waals surface area contributed by atoms with Crippen LogP contribution in [0.5, 0.6) is 0 Å². The average Bonchev–Trinajstić information content (AvgIpc) is 2.37. The second-order valence-electron chi connectivity index (χ2n) is 4.79. The average molecular weight is 266 g/mol. The minimum atomic E-state index is -0.212. The van der Waals surface area contributed by atoms with E-state index in [4.69, 9.17) is 10.6 Å². The molecule has 0 spiro atoms. The lowest BCUT2D eigenvalue weighted by atomic mass is 10.0. The summed E-state index contributed by atoms with van der Waals surface area (Å²) in [5.74, 6) is 5.49. The highest BCUT2D eigenvalue weighted by molar-refractivity contribution is 5.99. The van der Waals surface area contributed by atoms with E-state index in [1.165, 1.54) is 6.20 Å². The van der Waals surface area contributed by atoms with Crippen molar-refractivity contribution in [3.8, 4) is 0 Å². The third kappa shape index (κ3) is 4.18. The Kier molecular flexibility index (Phi) is 5.72. The minimum absolute atomic E-state index is 0.0515. The van der Waals surface area contributed by atoms with Crippen LogP contribution in [-0.2, 0) is 4.74 Å². The van der Waals surface area contributed by atoms with Crippen molar-refractivity contribution in [1.82, 2.24) is 10.3 Å². The van der Waals surface area contributed by atoms with Gasteiger partial charge < -0.3 is 15.5 Å². The second-order valence-corrected chi connectivity index (χ2v) is 4.79. The zero-order valence-electron chi connectivity index (χ0n) is 11.9. The van der Waals surface area contributed by atoms with Gasteiger partial charge in [0.25, 0.3) is 5.91 Å². The molecule has 1 amide bonds. The normalized spacial score (nSPS) is 12.3. The van der Waals surface area contributed by atoms with Crippen molar-refractivity contribution in [1.29, 1.82) is 0 Å². The fourth-order valence-corrected chi connectivity index (χ4v) is 1.69. The van der Waals surface area contributed by atoms with Crippen LogP contribution >= 0.6 is 0 Å². The van der Waals surface area contributed by atoms with E-state index in [2.05, 4.69) is 15.7 Å². The summed E-state index contributed by atoms with van der Waals surface area (Å²) in [6, 6.07) is 1.68. The highest BCUT2D eigenvalue weighted by Crippen LogP contribution is 2.15. The van der Waals surface area contributed by atoms with E-state index in [-0.39, 0.29) is 17.9 Å². The molecule has 1 aromatic rings. The number of anilines is 1. The van der Waals surface area contributed by atoms with Crippen LogP contribution in [0.25, 0.3) is 0 Å². The molecule has 0 radical (unpaired) electrons. The Hall–Kier alpha value is -1.66. The number of hydrogen-bond acceptors (Lipinski definition) is 5. The predicted molar refractivity (Wildman–Crippen MR) is 74.8 cm³/mol. The van der Waals surface area contributed by atoms with E-state index < -0.39 is 0 Å². The van der Waals surface area contributed by atoms with Crippen LogP contribution in [0.1, 0.15) is 29.9 Å². The van der Waals surface area contributed by atoms with E-state index in [0.29, 0.717) is 17.9 Å². The number of pyridine rings is 1. The fourth-order valence-electron chi connectivity index (χ4n) is 1.69. The first-order chi connectivity index (χ1) is 8.99. The van der Waals surface area contributed by atoms with E-state index >= 15 is 0 Å². The predicted octanol–water partition coefficient (Wildman–Crippen LogP) is 1.08. The molecule has 0 aliphatic heterocycles. The molecule has 6 heteroatoms. The Bertz CT molecular complexity index is 435. The van der Waals surface area contributed by atoms with Crippen LogP contribution in [-0.4, -0.2) is 30.6 Å². The summed E-state index contributed by atoms with van der Waals surface area (Å²) in [5.41, 5.74) is 4.30. The Balaban J connectivity index is 2.88. The highest BCUT2D eigenvalue weighted by atomic mass is 16.5. The van der Waals surface area contributed by atoms with Gasteiger partial charge in [-0.2, -0.15) is 0 Å². The number of ether oxygens (including phenoxy) is 1. The monoisotopic (exact) mass is 266 g/mol. The van der Waals surface area contributed by atoms with Crippen LogP contribution in [0.4, 0.5) is 5.69 Å². The first-order valence-corrected chi connectivity index (χ1v) is 6.22. The molecule has 19 heavy (non-hydrogen) atoms. The molecule has 4 N–H and O–H groups in total. The fraction of sp³-hybridized carbons (Fsp3) is 0.538. The summed E-state index contributed by atoms with van der Waals surface area (Å²) in [4.78, 5) is 16.3. The second kappa shape index (κ2) is 7.06. The van der Waals surface area contributed by atoms with E-state index in [1.54, 1.807) is 13.2 Å². The molecule has 6 nitrogen and oxygen atoms in total. The van der Waals surface area contributed by atoms with Gasteiger partial charge in [0.15, 0.2) is 0 Å². The summed E-state index contributed by atoms with van der Waals surface area (Å²) < 4.78 is 5.11. The Labute approximate surface area is 113 Å². The molecule has 106 valence electrons. The van der Waals surface area contributed by atoms with Gasteiger partial charge in [0.05, 0.1) is 23.9 Å². The zero-order chi connectivity index (χ0) is 14.4. The first-order valence-electron chi connectivity index (χ1n) is 6.22. The van der Waals surface area contributed by atoms with Crippen LogP contribution in [0.3, 0.4) is 0 Å². The van der Waals surface area contributed by atoms with E-state index in [1.807, 2.05) is 20.8 Å². The topological polar surface area (TPSA) is 89.3 Å². The van der Waals surface area contributed by atoms with Gasteiger partial charge in [-0.3, -0.25) is 15.6 Å². The van der Waals surface area contributed by atoms with Crippen LogP contribution in [0.15, 0.2) is 12.3 Å². The van der Waals surface area contributed by atoms with Crippen molar-refractivity contribution in [2.45, 2.75) is 26.8 Å². The summed E-state index contributed by atoms with van der Waals surface area (Å²) >= 11 is 0. The third-order valence-electron chi connectivity index (χ3n) is 2.91. The van der Waals surface area contributed by atoms with Gasteiger partial charge in [0.1, 0.15) is 0 Å². The molecule has 1 unspecified atom stereocenters. The number of amides is 1. The number of hydrogen-bond donors (Lipinski definition) is 3. The number of carbonyl (C=O) groups is 1. The first kappa shape index (κ1) is 15.4. The largest absolute Gasteiger partial charge is 0.383 e. The molecule has 0 saturated heterocycles. The maximum atomic E-state index is 12.2. The smallest absolute Gasteiger partial charge is 0.255 e. The van der Waals surface area contributed by atoms with Gasteiger partial charge in [0, 0.05) is 19.0 Å². The number of nitrogens with zero attached hydrogens (tertiary/aromatic N) is 1. The number of nitrogens with one attached hydrogen (secondary N) is 2. The number of methoxy groups -OCH3 is 1. The Morgan fingerprint density at radius 3 is 2.74 bits per heavy atom. The lowest BCUT2D eigenvalue weighted by molar-refractivity contribution is 0.0867. The molecule has 0 aromatic carbocycles. The van der Waals surface area contributed by atoms with Gasteiger partial charge in [-0.1, -0.05) is 13.8 Å². The maximum Gasteiger partial charge on any atom is 0.255 e. The van der Waals surface area contributed by atoms with Crippen molar-refractivity contribution in [3.63, 3.8) is 0 Å². The third-order valence-corrected chi connectivity index (χ3v) is 2.91. The number of rotatable bonds is 6. The number of aryl methyl sites for hydroxylation is 1. The SMILES string of the molecule is COCC(NC(=O)c1cnc(C)cc1NN)C(C)C. The molecule has 1 heterocycles. The molecule has 1 aromatic heterocycles. The van der Waals surface area contributed by atoms with Crippen LogP contribution in [0, 0.1) is 12.8 Å². The summed E-state index contributed by atoms with van der Waals surface area (Å²) in [5, 5.41) is 2.93. The number of hydrazine groups is 1. The summed E-state index contributed by atoms with van der Waals surface area (Å²) in [7, 11) is 1.61. The van der Waals surface area contributed by atoms with Gasteiger partial charge in [-0.05, 0) is 18.9 Å². The highest BCUT2D eigenvalue weighted by Gasteiger charge is 2.19. The summed E-state index contributed by atoms with van der Waals surface area (Å²) in [6.07, 6.45) is 1.52. The molecule has 0 aliphatic carbocycles. The summed E-state index contributed by atoms with van der Waals surface area (Å²) in [6.45, 7) is 6.36. The van der Waals surface area contributed by atoms with Crippen molar-refractivity contribution in [3.05, 3.63) is 23.5 Å². The molecular formula is C13H22N4O2. The van der Waals surface area contributed by atoms with Crippen LogP contribution in [0.2, 0.25) is 0 Å². The molecule has 0 saturated carbocycles. The minimum Gasteiger partial charge on any atom is -0.383 e. The molecule has 1 rings (SSSR count). The Morgan fingerprint density at radius 1 is 1.53 bits per heavy atom. The lowest BCUT2D eigenvalue weighted by Crippen LogP contribution is -2.42. The van der Waals surface area contributed by atoms with Crippen molar-refractivity contribution in [2.75, 3.05) is 19.1 Å². The van der Waals surface area contributed by atoms with Gasteiger partial charge in [-0.15, -0.1) is 0 Å². The standard InChI is InChI=1S/C13H22N4O2/c1-8(2)12(7-19-4)16-13(18)10-6-15-9(3)5-11(10)17-14/h5-6,8,12H,7,14H2,1-4H3,(H,15,17)(H,16,18). The van der Waals surface area contributed by atoms with Gasteiger partial charge in [-0.25, -0.2) is 0 Å². The molecular weight excluding hydrogens is 244 g/mol. The quantitative estimate of drug-likeness (QED) is 0.529. The molecule has 1 atom stereocenters. The number of carbonyl (C=O) groups excluding carboxylic acids is 1. The molecule has 0 fully saturated rings. The van der Waals surface area contributed by atoms with E-state index in [0.717, 1.165) is 5.69 Å². The number of nitrogen functional groups attached to an aromatic ring is 1. The maximum absolute atomic E-state index is 12.2. The number of aromatic nitrogens is 1. The van der Waals surface area contributed by atoms with Crippen molar-refractivity contribution in [2.24, 2.45) is 11.8 Å². The van der Waals surface area contributed by atoms with E-state index in [9.17, 15) is 4.79 Å². The van der Waals surface area contributed by atoms with Crippen LogP contribution < -0.4 is 16.6 Å². The van der Waals surface area contributed by atoms with Gasteiger partial charge in [0.2, 0.25) is 0 Å². The van der Waals surface area contributed by atoms with Crippen molar-refractivity contribution < 1.29 is 9.53 Å². The molecule has 0 aliphatic rings. The number of nitrogens with two attached hydrogens (primary N) is 1.